The van der Waals surface area contributed by atoms with E-state index < -0.39 is 5.97 Å². The van der Waals surface area contributed by atoms with Crippen LogP contribution < -0.4 is 16.1 Å². The Kier molecular flexibility index (Phi) is 3.68. The van der Waals surface area contributed by atoms with Crippen LogP contribution in [0.2, 0.25) is 0 Å². The van der Waals surface area contributed by atoms with E-state index in [2.05, 4.69) is 11.7 Å². The number of benzene rings is 2. The van der Waals surface area contributed by atoms with Crippen LogP contribution in [0.4, 0.5) is 0 Å². The second kappa shape index (κ2) is 5.81. The Balaban J connectivity index is 2.17. The van der Waals surface area contributed by atoms with E-state index in [9.17, 15) is 9.59 Å². The molecule has 3 rings (SSSR count). The number of H-pyrrole nitrogens is 1. The van der Waals surface area contributed by atoms with E-state index in [1.54, 1.807) is 18.2 Å². The van der Waals surface area contributed by atoms with Gasteiger partial charge in [0.05, 0.1) is 21.8 Å². The molecule has 0 radical (unpaired) electrons. The van der Waals surface area contributed by atoms with Gasteiger partial charge >= 0.3 is 5.97 Å². The first-order valence-electron chi connectivity index (χ1n) is 6.97. The fourth-order valence-electron chi connectivity index (χ4n) is 2.33. The van der Waals surface area contributed by atoms with Gasteiger partial charge in [0, 0.05) is 0 Å². The number of nitrogens with zero attached hydrogens (tertiary/aromatic N) is 1. The van der Waals surface area contributed by atoms with E-state index in [0.717, 1.165) is 0 Å². The molecule has 0 spiro atoms. The maximum atomic E-state index is 12.6. The lowest BCUT2D eigenvalue weighted by atomic mass is 10.1. The number of rotatable bonds is 3. The van der Waals surface area contributed by atoms with Gasteiger partial charge in [-0.3, -0.25) is 9.89 Å². The van der Waals surface area contributed by atoms with Crippen molar-refractivity contribution >= 4 is 18.6 Å². The molecule has 5 heteroatoms. The van der Waals surface area contributed by atoms with Crippen molar-refractivity contribution in [2.75, 3.05) is 0 Å². The van der Waals surface area contributed by atoms with Crippen molar-refractivity contribution in [2.45, 2.75) is 0 Å². The average Bonchev–Trinajstić information content (AvgIpc) is 2.84. The van der Waals surface area contributed by atoms with Crippen molar-refractivity contribution in [3.05, 3.63) is 86.6 Å². The van der Waals surface area contributed by atoms with Crippen molar-refractivity contribution in [2.24, 2.45) is 0 Å². The molecule has 0 amide bonds. The molecule has 0 saturated carbocycles. The minimum absolute atomic E-state index is 0.170. The molecular formula is C18H14N2O3. The lowest BCUT2D eigenvalue weighted by Gasteiger charge is -1.98. The zero-order valence-electron chi connectivity index (χ0n) is 12.2. The van der Waals surface area contributed by atoms with Crippen molar-refractivity contribution in [3.8, 4) is 5.69 Å². The van der Waals surface area contributed by atoms with E-state index >= 15 is 0 Å². The van der Waals surface area contributed by atoms with Crippen molar-refractivity contribution in [1.82, 2.24) is 9.78 Å². The highest BCUT2D eigenvalue weighted by molar-refractivity contribution is 5.88. The summed E-state index contributed by atoms with van der Waals surface area (Å²) in [4.78, 5) is 23.6. The number of aromatic amines is 1. The van der Waals surface area contributed by atoms with E-state index in [1.165, 1.54) is 16.8 Å². The predicted octanol–water partition coefficient (Wildman–Crippen LogP) is 1.10. The highest BCUT2D eigenvalue weighted by Gasteiger charge is 2.05. The van der Waals surface area contributed by atoms with Crippen LogP contribution in [0, 0.1) is 0 Å². The van der Waals surface area contributed by atoms with Crippen LogP contribution in [0.3, 0.4) is 0 Å². The van der Waals surface area contributed by atoms with Gasteiger partial charge in [0.15, 0.2) is 0 Å². The summed E-state index contributed by atoms with van der Waals surface area (Å²) in [5, 5.41) is 12.8. The molecular weight excluding hydrogens is 292 g/mol. The molecule has 0 fully saturated rings. The van der Waals surface area contributed by atoms with Gasteiger partial charge in [0.1, 0.15) is 0 Å². The first-order valence-corrected chi connectivity index (χ1v) is 6.97. The van der Waals surface area contributed by atoms with Gasteiger partial charge < -0.3 is 5.11 Å². The third kappa shape index (κ3) is 2.85. The minimum Gasteiger partial charge on any atom is -0.478 e. The standard InChI is InChI=1S/C18H14N2O3/c1-12-16(11-13-6-5-7-14(10-13)18(22)23)17(21)20(19-12)15-8-3-2-4-9-15/h2-11,19H,1H2,(H,22,23). The van der Waals surface area contributed by atoms with Crippen molar-refractivity contribution in [1.29, 1.82) is 0 Å². The SMILES string of the molecule is C=c1[nH]n(-c2ccccc2)c(=O)c1=Cc1cccc(C(=O)O)c1. The van der Waals surface area contributed by atoms with Crippen LogP contribution in [-0.4, -0.2) is 20.9 Å². The third-order valence-electron chi connectivity index (χ3n) is 3.46. The average molecular weight is 306 g/mol. The fourth-order valence-corrected chi connectivity index (χ4v) is 2.33. The van der Waals surface area contributed by atoms with Crippen LogP contribution in [-0.2, 0) is 0 Å². The van der Waals surface area contributed by atoms with Gasteiger partial charge in [-0.1, -0.05) is 36.9 Å². The van der Waals surface area contributed by atoms with E-state index in [0.29, 0.717) is 21.8 Å². The maximum Gasteiger partial charge on any atom is 0.335 e. The topological polar surface area (TPSA) is 75.1 Å². The number of hydrogen-bond acceptors (Lipinski definition) is 2. The molecule has 0 aliphatic rings. The monoisotopic (exact) mass is 306 g/mol. The number of para-hydroxylation sites is 1. The number of nitrogens with one attached hydrogen (secondary N) is 1. The van der Waals surface area contributed by atoms with Crippen LogP contribution in [0.15, 0.2) is 59.4 Å². The second-order valence-electron chi connectivity index (χ2n) is 5.06. The summed E-state index contributed by atoms with van der Waals surface area (Å²) in [5.41, 5.74) is 1.28. The van der Waals surface area contributed by atoms with Crippen LogP contribution in [0.1, 0.15) is 15.9 Å². The summed E-state index contributed by atoms with van der Waals surface area (Å²) < 4.78 is 1.41. The normalized spacial score (nSPS) is 11.6. The summed E-state index contributed by atoms with van der Waals surface area (Å²) in [6.07, 6.45) is 1.63. The van der Waals surface area contributed by atoms with Crippen molar-refractivity contribution < 1.29 is 9.90 Å². The molecule has 0 saturated heterocycles. The Hall–Kier alpha value is -3.34. The fraction of sp³-hybridized carbons (Fsp3) is 0. The molecule has 0 unspecified atom stereocenters. The van der Waals surface area contributed by atoms with Gasteiger partial charge in [-0.2, -0.15) is 0 Å². The Bertz CT molecular complexity index is 1030. The van der Waals surface area contributed by atoms with Crippen LogP contribution >= 0.6 is 0 Å². The van der Waals surface area contributed by atoms with Crippen LogP contribution in [0.5, 0.6) is 0 Å². The molecule has 3 aromatic rings. The summed E-state index contributed by atoms with van der Waals surface area (Å²) in [7, 11) is 0. The Labute approximate surface area is 131 Å². The number of carboxylic acids is 1. The summed E-state index contributed by atoms with van der Waals surface area (Å²) in [6, 6.07) is 15.6. The molecule has 5 nitrogen and oxygen atoms in total. The summed E-state index contributed by atoms with van der Waals surface area (Å²) >= 11 is 0. The second-order valence-corrected chi connectivity index (χ2v) is 5.06. The highest BCUT2D eigenvalue weighted by atomic mass is 16.4. The van der Waals surface area contributed by atoms with E-state index in [1.807, 2.05) is 30.3 Å². The lowest BCUT2D eigenvalue weighted by molar-refractivity contribution is 0.0697. The molecule has 1 aromatic heterocycles. The Morgan fingerprint density at radius 1 is 1.13 bits per heavy atom. The zero-order valence-corrected chi connectivity index (χ0v) is 12.2. The molecule has 1 heterocycles. The predicted molar refractivity (Wildman–Crippen MR) is 88.1 cm³/mol. The van der Waals surface area contributed by atoms with E-state index in [4.69, 9.17) is 5.11 Å². The molecule has 0 aliphatic carbocycles. The first kappa shape index (κ1) is 14.6. The van der Waals surface area contributed by atoms with Crippen molar-refractivity contribution in [3.63, 3.8) is 0 Å². The Morgan fingerprint density at radius 3 is 2.57 bits per heavy atom. The van der Waals surface area contributed by atoms with Gasteiger partial charge in [-0.25, -0.2) is 9.48 Å². The molecule has 0 aliphatic heterocycles. The molecule has 23 heavy (non-hydrogen) atoms. The van der Waals surface area contributed by atoms with Gasteiger partial charge in [-0.05, 0) is 35.9 Å². The lowest BCUT2D eigenvalue weighted by Crippen LogP contribution is -2.33. The van der Waals surface area contributed by atoms with E-state index in [-0.39, 0.29) is 11.1 Å². The molecule has 0 atom stereocenters. The number of hydrogen-bond donors (Lipinski definition) is 2. The van der Waals surface area contributed by atoms with Crippen LogP contribution in [0.25, 0.3) is 18.3 Å². The third-order valence-corrected chi connectivity index (χ3v) is 3.46. The molecule has 2 N–H and O–H groups in total. The molecule has 2 aromatic carbocycles. The minimum atomic E-state index is -1.01. The zero-order chi connectivity index (χ0) is 16.4. The summed E-state index contributed by atoms with van der Waals surface area (Å²) in [5.74, 6) is -1.01. The highest BCUT2D eigenvalue weighted by Crippen LogP contribution is 2.05. The number of carbonyl (C=O) groups is 1. The van der Waals surface area contributed by atoms with Gasteiger partial charge in [0.25, 0.3) is 5.56 Å². The number of aromatic carboxylic acids is 1. The number of carboxylic acid groups (broad SMARTS) is 1. The maximum absolute atomic E-state index is 12.6. The largest absolute Gasteiger partial charge is 0.478 e. The summed E-state index contributed by atoms with van der Waals surface area (Å²) in [6.45, 7) is 3.86. The Morgan fingerprint density at radius 2 is 1.87 bits per heavy atom. The molecule has 114 valence electrons. The van der Waals surface area contributed by atoms with Gasteiger partial charge in [0.2, 0.25) is 0 Å². The molecule has 0 bridgehead atoms. The van der Waals surface area contributed by atoms with Gasteiger partial charge in [-0.15, -0.1) is 0 Å². The first-order chi connectivity index (χ1) is 11.1. The quantitative estimate of drug-likeness (QED) is 0.761. The smallest absolute Gasteiger partial charge is 0.335 e. The number of aromatic nitrogens is 2.